The van der Waals surface area contributed by atoms with Crippen LogP contribution in [0.25, 0.3) is 10.8 Å². The maximum atomic E-state index is 4.19. The van der Waals surface area contributed by atoms with Crippen molar-refractivity contribution in [3.05, 3.63) is 72.3 Å². The summed E-state index contributed by atoms with van der Waals surface area (Å²) in [6.45, 7) is 0. The molecule has 0 saturated carbocycles. The fourth-order valence-electron chi connectivity index (χ4n) is 1.83. The number of aromatic amines is 1. The SMILES string of the molecule is C(#Cc1[nH+]ccc2ccccc12)c1ccccn1. The van der Waals surface area contributed by atoms with E-state index in [1.165, 1.54) is 5.39 Å². The summed E-state index contributed by atoms with van der Waals surface area (Å²) in [5.41, 5.74) is 1.69. The van der Waals surface area contributed by atoms with Gasteiger partial charge >= 0.3 is 0 Å². The lowest BCUT2D eigenvalue weighted by atomic mass is 10.1. The van der Waals surface area contributed by atoms with Gasteiger partial charge in [0.05, 0.1) is 5.39 Å². The van der Waals surface area contributed by atoms with Crippen LogP contribution in [0.15, 0.2) is 60.9 Å². The zero-order valence-electron chi connectivity index (χ0n) is 9.72. The minimum absolute atomic E-state index is 0.777. The summed E-state index contributed by atoms with van der Waals surface area (Å²) in [4.78, 5) is 7.37. The Hall–Kier alpha value is -2.66. The van der Waals surface area contributed by atoms with E-state index in [4.69, 9.17) is 0 Å². The van der Waals surface area contributed by atoms with Gasteiger partial charge in [0.1, 0.15) is 5.69 Å². The van der Waals surface area contributed by atoms with E-state index in [0.29, 0.717) is 0 Å². The van der Waals surface area contributed by atoms with Gasteiger partial charge in [-0.3, -0.25) is 0 Å². The molecule has 2 heteroatoms. The molecule has 0 saturated heterocycles. The maximum absolute atomic E-state index is 4.19. The number of fused-ring (bicyclic) bond motifs is 1. The first-order valence-electron chi connectivity index (χ1n) is 5.76. The van der Waals surface area contributed by atoms with Crippen LogP contribution in [0.3, 0.4) is 0 Å². The van der Waals surface area contributed by atoms with E-state index in [1.807, 2.05) is 42.6 Å². The van der Waals surface area contributed by atoms with Crippen LogP contribution in [0.5, 0.6) is 0 Å². The lowest BCUT2D eigenvalue weighted by Crippen LogP contribution is -2.06. The molecule has 0 amide bonds. The maximum Gasteiger partial charge on any atom is 0.263 e. The fraction of sp³-hybridized carbons (Fsp3) is 0. The first-order chi connectivity index (χ1) is 8.93. The number of hydrogen-bond acceptors (Lipinski definition) is 1. The quantitative estimate of drug-likeness (QED) is 0.546. The van der Waals surface area contributed by atoms with Crippen molar-refractivity contribution in [2.24, 2.45) is 0 Å². The van der Waals surface area contributed by atoms with E-state index < -0.39 is 0 Å². The minimum atomic E-state index is 0.777. The van der Waals surface area contributed by atoms with Crippen molar-refractivity contribution in [2.75, 3.05) is 0 Å². The van der Waals surface area contributed by atoms with E-state index in [2.05, 4.69) is 33.9 Å². The second-order valence-corrected chi connectivity index (χ2v) is 3.90. The summed E-state index contributed by atoms with van der Waals surface area (Å²) in [6, 6.07) is 15.9. The molecule has 2 heterocycles. The first kappa shape index (κ1) is 10.5. The van der Waals surface area contributed by atoms with Crippen LogP contribution < -0.4 is 4.98 Å². The van der Waals surface area contributed by atoms with Gasteiger partial charge in [0.2, 0.25) is 0 Å². The lowest BCUT2D eigenvalue weighted by molar-refractivity contribution is -0.379. The Bertz CT molecular complexity index is 732. The summed E-state index contributed by atoms with van der Waals surface area (Å²) in [5, 5.41) is 2.31. The zero-order valence-corrected chi connectivity index (χ0v) is 9.72. The van der Waals surface area contributed by atoms with E-state index in [0.717, 1.165) is 16.8 Å². The van der Waals surface area contributed by atoms with Crippen LogP contribution in [-0.2, 0) is 0 Å². The van der Waals surface area contributed by atoms with E-state index in [-0.39, 0.29) is 0 Å². The Kier molecular flexibility index (Phi) is 2.73. The number of rotatable bonds is 0. The predicted molar refractivity (Wildman–Crippen MR) is 70.7 cm³/mol. The molecule has 0 aliphatic carbocycles. The lowest BCUT2D eigenvalue weighted by Gasteiger charge is -1.93. The van der Waals surface area contributed by atoms with Crippen molar-refractivity contribution in [2.45, 2.75) is 0 Å². The summed E-state index contributed by atoms with van der Waals surface area (Å²) < 4.78 is 0. The third-order valence-corrected chi connectivity index (χ3v) is 2.70. The van der Waals surface area contributed by atoms with Gasteiger partial charge in [0.25, 0.3) is 5.69 Å². The standard InChI is InChI=1S/C16H10N2/c1-2-7-15-13(5-1)10-12-18-16(15)9-8-14-6-3-4-11-17-14/h1-7,10-12H/p+1. The molecular formula is C16H11N2+. The molecule has 1 aromatic carbocycles. The number of hydrogen-bond donors (Lipinski definition) is 0. The van der Waals surface area contributed by atoms with Crippen LogP contribution in [0.4, 0.5) is 0 Å². The predicted octanol–water partition coefficient (Wildman–Crippen LogP) is 2.45. The molecule has 0 unspecified atom stereocenters. The van der Waals surface area contributed by atoms with Crippen LogP contribution >= 0.6 is 0 Å². The third kappa shape index (κ3) is 2.07. The van der Waals surface area contributed by atoms with E-state index in [1.54, 1.807) is 6.20 Å². The smallest absolute Gasteiger partial charge is 0.248 e. The second-order valence-electron chi connectivity index (χ2n) is 3.90. The third-order valence-electron chi connectivity index (χ3n) is 2.70. The van der Waals surface area contributed by atoms with Gasteiger partial charge in [0, 0.05) is 18.2 Å². The minimum Gasteiger partial charge on any atom is -0.248 e. The van der Waals surface area contributed by atoms with Crippen LogP contribution in [0.1, 0.15) is 11.4 Å². The molecule has 0 bridgehead atoms. The summed E-state index contributed by atoms with van der Waals surface area (Å²) in [7, 11) is 0. The highest BCUT2D eigenvalue weighted by Crippen LogP contribution is 2.13. The summed E-state index contributed by atoms with van der Waals surface area (Å²) in [5.74, 6) is 6.20. The van der Waals surface area contributed by atoms with Crippen molar-refractivity contribution in [1.29, 1.82) is 0 Å². The molecule has 2 nitrogen and oxygen atoms in total. The Morgan fingerprint density at radius 1 is 0.889 bits per heavy atom. The van der Waals surface area contributed by atoms with Crippen molar-refractivity contribution in [1.82, 2.24) is 4.98 Å². The van der Waals surface area contributed by atoms with Crippen LogP contribution in [-0.4, -0.2) is 4.98 Å². The summed E-state index contributed by atoms with van der Waals surface area (Å²) in [6.07, 6.45) is 3.65. The molecular weight excluding hydrogens is 220 g/mol. The molecule has 0 aliphatic heterocycles. The van der Waals surface area contributed by atoms with Gasteiger partial charge in [0.15, 0.2) is 6.20 Å². The van der Waals surface area contributed by atoms with Crippen LogP contribution in [0, 0.1) is 11.8 Å². The monoisotopic (exact) mass is 231 g/mol. The Morgan fingerprint density at radius 2 is 1.78 bits per heavy atom. The molecule has 18 heavy (non-hydrogen) atoms. The molecule has 3 rings (SSSR count). The molecule has 0 atom stereocenters. The molecule has 84 valence electrons. The highest BCUT2D eigenvalue weighted by atomic mass is 14.7. The number of nitrogens with one attached hydrogen (secondary N) is 1. The topological polar surface area (TPSA) is 27.0 Å². The van der Waals surface area contributed by atoms with E-state index in [9.17, 15) is 0 Å². The van der Waals surface area contributed by atoms with Gasteiger partial charge in [-0.15, -0.1) is 0 Å². The second kappa shape index (κ2) is 4.68. The van der Waals surface area contributed by atoms with Crippen molar-refractivity contribution < 1.29 is 4.98 Å². The molecule has 0 radical (unpaired) electrons. The molecule has 0 spiro atoms. The van der Waals surface area contributed by atoms with Gasteiger partial charge in [-0.1, -0.05) is 24.3 Å². The number of nitrogens with zero attached hydrogens (tertiary/aromatic N) is 1. The van der Waals surface area contributed by atoms with Crippen molar-refractivity contribution in [3.63, 3.8) is 0 Å². The van der Waals surface area contributed by atoms with Crippen molar-refractivity contribution >= 4 is 10.8 Å². The number of benzene rings is 1. The average Bonchev–Trinajstić information content (AvgIpc) is 2.46. The van der Waals surface area contributed by atoms with Crippen LogP contribution in [0.2, 0.25) is 0 Å². The normalized spacial score (nSPS) is 9.78. The number of pyridine rings is 2. The largest absolute Gasteiger partial charge is 0.263 e. The number of aromatic nitrogens is 2. The molecule has 3 aromatic rings. The highest BCUT2D eigenvalue weighted by Gasteiger charge is 2.03. The molecule has 2 aromatic heterocycles. The Labute approximate surface area is 105 Å². The van der Waals surface area contributed by atoms with Gasteiger partial charge in [-0.2, -0.15) is 0 Å². The first-order valence-corrected chi connectivity index (χ1v) is 5.76. The molecule has 0 fully saturated rings. The molecule has 0 aliphatic rings. The summed E-state index contributed by atoms with van der Waals surface area (Å²) >= 11 is 0. The average molecular weight is 231 g/mol. The van der Waals surface area contributed by atoms with E-state index >= 15 is 0 Å². The van der Waals surface area contributed by atoms with Gasteiger partial charge in [-0.25, -0.2) is 9.97 Å². The molecule has 1 N–H and O–H groups in total. The van der Waals surface area contributed by atoms with Gasteiger partial charge < -0.3 is 0 Å². The fourth-order valence-corrected chi connectivity index (χ4v) is 1.83. The van der Waals surface area contributed by atoms with Crippen molar-refractivity contribution in [3.8, 4) is 11.8 Å². The zero-order chi connectivity index (χ0) is 12.2. The number of H-pyrrole nitrogens is 1. The van der Waals surface area contributed by atoms with Gasteiger partial charge in [-0.05, 0) is 29.5 Å². The highest BCUT2D eigenvalue weighted by molar-refractivity contribution is 5.85. The Balaban J connectivity index is 2.09. The Morgan fingerprint density at radius 3 is 2.67 bits per heavy atom.